The first-order chi connectivity index (χ1) is 37.7. The van der Waals surface area contributed by atoms with E-state index in [4.69, 9.17) is 28.7 Å². The van der Waals surface area contributed by atoms with Crippen LogP contribution in [0.1, 0.15) is 60.3 Å². The summed E-state index contributed by atoms with van der Waals surface area (Å²) in [6.45, 7) is -1.25. The molecule has 79 heavy (non-hydrogen) atoms. The average molecular weight is 1140 g/mol. The van der Waals surface area contributed by atoms with Gasteiger partial charge in [-0.25, -0.2) is 4.79 Å². The van der Waals surface area contributed by atoms with Gasteiger partial charge in [0.25, 0.3) is 0 Å². The number of hydrogen-bond donors (Lipinski definition) is 14. The zero-order valence-electron chi connectivity index (χ0n) is 43.4. The lowest BCUT2D eigenvalue weighted by atomic mass is 10.0. The maximum Gasteiger partial charge on any atom is 0.326 e. The van der Waals surface area contributed by atoms with Crippen molar-refractivity contribution in [3.63, 3.8) is 0 Å². The van der Waals surface area contributed by atoms with Crippen molar-refractivity contribution in [3.05, 3.63) is 80.7 Å². The standard InChI is InChI=1S/C50H71N15O12S2/c51-32(13-4-16-56-49(52)53)46(74)64-18-6-15-38(64)47(75)65-26-29(67)22-39(65)45(73)58-25-40(68)59-35(23-30-11-7-19-78-30)42(70)63-37(27-66)44(72)61-34(21-28-9-2-1-3-10-28)41(69)62-36(24-31-12-8-20-79-31)43(71)60-33(48(76)77)14-5-17-57-50(54)55/h1-3,7-12,19-20,29,32-39,66-67H,4-6,13-18,21-27,51H2,(H,58,73)(H,59,68)(H,60,71)(H,61,72)(H,62,69)(H,63,70)(H,76,77)(H4,52,53,56)(H4,54,55,57)/t29?,32-,33-,34+,35-,36-,37-,38-,39-/m0/s1. The zero-order chi connectivity index (χ0) is 57.6. The maximum atomic E-state index is 14.3. The quantitative estimate of drug-likeness (QED) is 0.0171. The lowest BCUT2D eigenvalue weighted by Gasteiger charge is -2.32. The SMILES string of the molecule is NC(N)=NCCC[C@H](NC(=O)[C@H](Cc1cccs1)NC(=O)[C@@H](Cc1ccccc1)NC(=O)[C@H](CO)NC(=O)[C@H](Cc1cccs1)NC(=O)CNC(=O)[C@@H]1CC(O)CN1C(=O)[C@@H]1CCCN1C(=O)[C@@H](N)CCCN=C(N)N)C(=O)O. The number of nitrogens with two attached hydrogens (primary N) is 5. The number of nitrogens with one attached hydrogen (secondary N) is 6. The number of carbonyl (C=O) groups excluding carboxylic acids is 8. The maximum absolute atomic E-state index is 14.3. The van der Waals surface area contributed by atoms with E-state index in [-0.39, 0.29) is 83.0 Å². The normalized spacial score (nSPS) is 18.1. The molecule has 3 aromatic rings. The Morgan fingerprint density at radius 3 is 1.73 bits per heavy atom. The molecule has 19 N–H and O–H groups in total. The average Bonchev–Trinajstić information content (AvgIpc) is 4.35. The summed E-state index contributed by atoms with van der Waals surface area (Å²) < 4.78 is 0. The van der Waals surface area contributed by atoms with Crippen molar-refractivity contribution in [1.29, 1.82) is 0 Å². The van der Waals surface area contributed by atoms with Crippen LogP contribution in [0.2, 0.25) is 0 Å². The minimum Gasteiger partial charge on any atom is -0.480 e. The van der Waals surface area contributed by atoms with Crippen LogP contribution in [0.3, 0.4) is 0 Å². The van der Waals surface area contributed by atoms with Gasteiger partial charge in [0, 0.05) is 61.6 Å². The number of rotatable bonds is 30. The molecule has 27 nitrogen and oxygen atoms in total. The van der Waals surface area contributed by atoms with Gasteiger partial charge in [-0.3, -0.25) is 48.3 Å². The molecule has 0 bridgehead atoms. The number of benzene rings is 1. The molecular weight excluding hydrogens is 1070 g/mol. The minimum atomic E-state index is -1.70. The summed E-state index contributed by atoms with van der Waals surface area (Å²) in [5.74, 6) is -7.90. The van der Waals surface area contributed by atoms with Crippen molar-refractivity contribution >= 4 is 87.8 Å². The molecule has 0 spiro atoms. The Labute approximate surface area is 463 Å². The van der Waals surface area contributed by atoms with Crippen LogP contribution in [0.4, 0.5) is 0 Å². The van der Waals surface area contributed by atoms with Gasteiger partial charge in [-0.1, -0.05) is 42.5 Å². The number of aliphatic imine (C=N–C) groups is 2. The number of nitrogens with zero attached hydrogens (tertiary/aromatic N) is 4. The monoisotopic (exact) mass is 1140 g/mol. The predicted molar refractivity (Wildman–Crippen MR) is 292 cm³/mol. The van der Waals surface area contributed by atoms with Crippen molar-refractivity contribution in [1.82, 2.24) is 41.7 Å². The van der Waals surface area contributed by atoms with Crippen molar-refractivity contribution in [2.45, 2.75) is 119 Å². The first-order valence-corrected chi connectivity index (χ1v) is 27.4. The van der Waals surface area contributed by atoms with Crippen LogP contribution in [-0.4, -0.2) is 184 Å². The third-order valence-electron chi connectivity index (χ3n) is 12.9. The molecule has 29 heteroatoms. The van der Waals surface area contributed by atoms with Gasteiger partial charge in [0.2, 0.25) is 47.3 Å². The Hall–Kier alpha value is -7.73. The van der Waals surface area contributed by atoms with E-state index in [1.807, 2.05) is 0 Å². The number of aliphatic carboxylic acids is 1. The minimum absolute atomic E-state index is 0.0455. The fourth-order valence-electron chi connectivity index (χ4n) is 8.95. The van der Waals surface area contributed by atoms with E-state index in [0.29, 0.717) is 34.6 Å². The molecule has 0 aliphatic carbocycles. The molecule has 2 aromatic heterocycles. The van der Waals surface area contributed by atoms with Gasteiger partial charge in [-0.05, 0) is 67.0 Å². The predicted octanol–water partition coefficient (Wildman–Crippen LogP) is -4.16. The van der Waals surface area contributed by atoms with E-state index in [2.05, 4.69) is 41.9 Å². The first kappa shape index (κ1) is 62.1. The molecule has 5 rings (SSSR count). The fraction of sp³-hybridized carbons (Fsp3) is 0.500. The van der Waals surface area contributed by atoms with Gasteiger partial charge >= 0.3 is 5.97 Å². The first-order valence-electron chi connectivity index (χ1n) is 25.6. The Balaban J connectivity index is 1.24. The highest BCUT2D eigenvalue weighted by Crippen LogP contribution is 2.26. The number of thiophene rings is 2. The fourth-order valence-corrected chi connectivity index (χ4v) is 10.5. The van der Waals surface area contributed by atoms with Gasteiger partial charge in [-0.2, -0.15) is 0 Å². The second-order valence-electron chi connectivity index (χ2n) is 18.9. The number of carboxylic acid groups (broad SMARTS) is 1. The van der Waals surface area contributed by atoms with E-state index in [9.17, 15) is 58.5 Å². The third-order valence-corrected chi connectivity index (χ3v) is 14.7. The highest BCUT2D eigenvalue weighted by molar-refractivity contribution is 7.10. The molecule has 430 valence electrons. The van der Waals surface area contributed by atoms with Crippen molar-refractivity contribution in [3.8, 4) is 0 Å². The number of amides is 8. The van der Waals surface area contributed by atoms with Crippen LogP contribution in [0.25, 0.3) is 0 Å². The van der Waals surface area contributed by atoms with Gasteiger partial charge in [0.15, 0.2) is 11.9 Å². The molecule has 8 amide bonds. The summed E-state index contributed by atoms with van der Waals surface area (Å²) in [6, 6.07) is 5.06. The molecule has 2 fully saturated rings. The topological polar surface area (TPSA) is 448 Å². The van der Waals surface area contributed by atoms with Crippen LogP contribution in [-0.2, 0) is 62.4 Å². The Morgan fingerprint density at radius 2 is 1.19 bits per heavy atom. The lowest BCUT2D eigenvalue weighted by molar-refractivity contribution is -0.147. The molecule has 2 aliphatic rings. The Kier molecular flexibility index (Phi) is 24.4. The van der Waals surface area contributed by atoms with E-state index >= 15 is 0 Å². The number of carboxylic acids is 1. The Bertz CT molecular complexity index is 2600. The molecule has 2 aliphatic heterocycles. The lowest BCUT2D eigenvalue weighted by Crippen LogP contribution is -2.60. The van der Waals surface area contributed by atoms with Crippen LogP contribution >= 0.6 is 22.7 Å². The highest BCUT2D eigenvalue weighted by atomic mass is 32.1. The zero-order valence-corrected chi connectivity index (χ0v) is 45.0. The number of aliphatic hydroxyl groups excluding tert-OH is 2. The number of hydrogen-bond acceptors (Lipinski definition) is 16. The van der Waals surface area contributed by atoms with Gasteiger partial charge in [0.1, 0.15) is 42.3 Å². The largest absolute Gasteiger partial charge is 0.480 e. The molecule has 1 aromatic carbocycles. The summed E-state index contributed by atoms with van der Waals surface area (Å²) in [5, 5.41) is 49.7. The number of carbonyl (C=O) groups is 9. The molecule has 4 heterocycles. The molecule has 9 atom stereocenters. The van der Waals surface area contributed by atoms with E-state index in [1.54, 1.807) is 65.4 Å². The van der Waals surface area contributed by atoms with Crippen molar-refractivity contribution < 1.29 is 58.5 Å². The second-order valence-corrected chi connectivity index (χ2v) is 21.0. The highest BCUT2D eigenvalue weighted by Gasteiger charge is 2.45. The van der Waals surface area contributed by atoms with Gasteiger partial charge in [0.05, 0.1) is 25.3 Å². The van der Waals surface area contributed by atoms with Gasteiger partial charge in [-0.15, -0.1) is 22.7 Å². The number of β-amino-alcohol motifs (C(OH)–C–C–N with tert-alkyl or cyclic N) is 1. The molecule has 0 saturated carbocycles. The van der Waals surface area contributed by atoms with Crippen molar-refractivity contribution in [2.24, 2.45) is 38.7 Å². The van der Waals surface area contributed by atoms with Crippen LogP contribution in [0.5, 0.6) is 0 Å². The van der Waals surface area contributed by atoms with E-state index in [0.717, 1.165) is 0 Å². The number of guanidine groups is 2. The summed E-state index contributed by atoms with van der Waals surface area (Å²) in [5.41, 5.74) is 28.3. The summed E-state index contributed by atoms with van der Waals surface area (Å²) >= 11 is 2.55. The van der Waals surface area contributed by atoms with Gasteiger partial charge < -0.3 is 85.7 Å². The molecule has 0 radical (unpaired) electrons. The second kappa shape index (κ2) is 31.0. The number of likely N-dealkylation sites (tertiary alicyclic amines) is 2. The summed E-state index contributed by atoms with van der Waals surface area (Å²) in [6.07, 6.45) is 0.0912. The molecule has 2 saturated heterocycles. The third kappa shape index (κ3) is 19.6. The van der Waals surface area contributed by atoms with Crippen LogP contribution in [0.15, 0.2) is 75.3 Å². The summed E-state index contributed by atoms with van der Waals surface area (Å²) in [4.78, 5) is 134. The Morgan fingerprint density at radius 1 is 0.658 bits per heavy atom. The van der Waals surface area contributed by atoms with Crippen LogP contribution in [0, 0.1) is 0 Å². The van der Waals surface area contributed by atoms with E-state index in [1.165, 1.54) is 32.5 Å². The number of aliphatic hydroxyl groups is 2. The molecular formula is C50H71N15O12S2. The van der Waals surface area contributed by atoms with Crippen molar-refractivity contribution in [2.75, 3.05) is 39.3 Å². The van der Waals surface area contributed by atoms with Crippen LogP contribution < -0.4 is 60.6 Å². The summed E-state index contributed by atoms with van der Waals surface area (Å²) in [7, 11) is 0. The molecule has 1 unspecified atom stereocenters. The smallest absolute Gasteiger partial charge is 0.326 e. The van der Waals surface area contributed by atoms with E-state index < -0.39 is 121 Å².